The Morgan fingerprint density at radius 2 is 0.889 bits per heavy atom. The molecular formula is C61H67NO10. The predicted octanol–water partition coefficient (Wildman–Crippen LogP) is 11.2. The number of carbonyl (C=O) groups excluding carboxylic acids is 4. The molecule has 3 aliphatic rings. The molecule has 0 fully saturated rings. The van der Waals surface area contributed by atoms with Crippen LogP contribution in [0.25, 0.3) is 0 Å². The lowest BCUT2D eigenvalue weighted by molar-refractivity contribution is -0.148. The van der Waals surface area contributed by atoms with E-state index >= 15 is 0 Å². The van der Waals surface area contributed by atoms with Gasteiger partial charge in [-0.05, 0) is 79.2 Å². The van der Waals surface area contributed by atoms with E-state index < -0.39 is 27.6 Å². The summed E-state index contributed by atoms with van der Waals surface area (Å²) in [5.74, 6) is -1.65. The summed E-state index contributed by atoms with van der Waals surface area (Å²) < 4.78 is 14.4. The molecule has 0 saturated heterocycles. The van der Waals surface area contributed by atoms with Crippen LogP contribution in [0.5, 0.6) is 0 Å². The van der Waals surface area contributed by atoms with Crippen molar-refractivity contribution < 1.29 is 48.5 Å². The number of aliphatic carboxylic acids is 1. The quantitative estimate of drug-likeness (QED) is 0.0321. The van der Waals surface area contributed by atoms with Gasteiger partial charge in [0.25, 0.3) is 5.91 Å². The fourth-order valence-electron chi connectivity index (χ4n) is 9.02. The first kappa shape index (κ1) is 56.7. The Balaban J connectivity index is 0.000000196. The number of carbonyl (C=O) groups is 5. The molecule has 11 nitrogen and oxygen atoms in total. The van der Waals surface area contributed by atoms with E-state index in [0.717, 1.165) is 40.7 Å². The number of allylic oxidation sites excluding steroid dienone is 8. The Hall–Kier alpha value is -7.89. The highest BCUT2D eigenvalue weighted by atomic mass is 16.5. The number of hydrogen-bond acceptors (Lipinski definition) is 9. The molecule has 376 valence electrons. The van der Waals surface area contributed by atoms with Crippen LogP contribution in [-0.2, 0) is 66.3 Å². The van der Waals surface area contributed by atoms with E-state index in [2.05, 4.69) is 17.9 Å². The second-order valence-corrected chi connectivity index (χ2v) is 17.4. The van der Waals surface area contributed by atoms with Gasteiger partial charge in [0, 0.05) is 0 Å². The number of esters is 3. The molecule has 0 spiro atoms. The molecule has 0 radical (unpaired) electrons. The van der Waals surface area contributed by atoms with Crippen molar-refractivity contribution in [3.05, 3.63) is 241 Å². The van der Waals surface area contributed by atoms with Gasteiger partial charge in [-0.1, -0.05) is 200 Å². The minimum atomic E-state index is -0.728. The molecule has 5 aromatic carbocycles. The van der Waals surface area contributed by atoms with Gasteiger partial charge in [-0.25, -0.2) is 5.48 Å². The molecular weight excluding hydrogens is 907 g/mol. The molecule has 0 heterocycles. The van der Waals surface area contributed by atoms with Crippen molar-refractivity contribution in [3.8, 4) is 0 Å². The number of ether oxygens (including phenoxy) is 3. The molecule has 72 heavy (non-hydrogen) atoms. The summed E-state index contributed by atoms with van der Waals surface area (Å²) in [4.78, 5) is 57.7. The second-order valence-electron chi connectivity index (χ2n) is 17.4. The van der Waals surface area contributed by atoms with Crippen LogP contribution >= 0.6 is 0 Å². The zero-order valence-corrected chi connectivity index (χ0v) is 41.5. The Bertz CT molecular complexity index is 2480. The zero-order chi connectivity index (χ0) is 52.3. The number of benzene rings is 5. The summed E-state index contributed by atoms with van der Waals surface area (Å²) in [6.45, 7) is 7.46. The van der Waals surface area contributed by atoms with Crippen LogP contribution in [0, 0.1) is 0 Å². The second kappa shape index (κ2) is 28.7. The monoisotopic (exact) mass is 973 g/mol. The number of nitrogens with one attached hydrogen (secondary N) is 1. The van der Waals surface area contributed by atoms with Crippen LogP contribution in [0.2, 0.25) is 0 Å². The number of methoxy groups -OCH3 is 3. The van der Waals surface area contributed by atoms with E-state index in [1.165, 1.54) is 21.3 Å². The predicted molar refractivity (Wildman–Crippen MR) is 281 cm³/mol. The maximum absolute atomic E-state index is 12.1. The molecule has 0 atom stereocenters. The maximum atomic E-state index is 12.1. The average Bonchev–Trinajstić information content (AvgIpc) is 4.27. The minimum absolute atomic E-state index is 0.140. The topological polar surface area (TPSA) is 166 Å². The Morgan fingerprint density at radius 1 is 0.528 bits per heavy atom. The molecule has 8 rings (SSSR count). The fourth-order valence-corrected chi connectivity index (χ4v) is 9.02. The first-order valence-electron chi connectivity index (χ1n) is 23.7. The van der Waals surface area contributed by atoms with Crippen molar-refractivity contribution in [2.45, 2.75) is 79.4 Å². The Kier molecular flexibility index (Phi) is 22.6. The van der Waals surface area contributed by atoms with Gasteiger partial charge in [0.05, 0.1) is 49.4 Å². The van der Waals surface area contributed by atoms with Gasteiger partial charge in [-0.15, -0.1) is 13.2 Å². The molecule has 3 aliphatic carbocycles. The first-order chi connectivity index (χ1) is 34.9. The smallest absolute Gasteiger partial charge is 0.316 e. The SMILES string of the molecule is C=CCC(CC=C)(C(=O)OC)c1ccccc1.COC(=O)C1(c2ccccc2)CC=CC1.COC(=O)Cc1ccccc1.O=C(NO)C1(c2ccccc2)CC=CC1.O=C(O)C1(c2ccccc2)CC=CC1. The molecule has 1 amide bonds. The van der Waals surface area contributed by atoms with Crippen molar-refractivity contribution in [3.63, 3.8) is 0 Å². The summed E-state index contributed by atoms with van der Waals surface area (Å²) in [6.07, 6.45) is 20.8. The number of carboxylic acids is 1. The third-order valence-electron chi connectivity index (χ3n) is 13.1. The first-order valence-corrected chi connectivity index (χ1v) is 23.7. The van der Waals surface area contributed by atoms with Gasteiger partial charge in [0.15, 0.2) is 0 Å². The van der Waals surface area contributed by atoms with Crippen molar-refractivity contribution in [1.82, 2.24) is 5.48 Å². The van der Waals surface area contributed by atoms with E-state index in [1.807, 2.05) is 188 Å². The molecule has 11 heteroatoms. The highest BCUT2D eigenvalue weighted by Crippen LogP contribution is 2.40. The molecule has 0 unspecified atom stereocenters. The zero-order valence-electron chi connectivity index (χ0n) is 41.5. The summed E-state index contributed by atoms with van der Waals surface area (Å²) in [7, 11) is 4.25. The summed E-state index contributed by atoms with van der Waals surface area (Å²) >= 11 is 0. The Labute approximate surface area is 424 Å². The van der Waals surface area contributed by atoms with Crippen molar-refractivity contribution in [1.29, 1.82) is 0 Å². The number of hydrogen-bond donors (Lipinski definition) is 3. The van der Waals surface area contributed by atoms with Gasteiger partial charge < -0.3 is 19.3 Å². The van der Waals surface area contributed by atoms with Crippen LogP contribution in [0.3, 0.4) is 0 Å². The van der Waals surface area contributed by atoms with Gasteiger partial charge >= 0.3 is 23.9 Å². The van der Waals surface area contributed by atoms with Crippen LogP contribution in [0.1, 0.15) is 79.2 Å². The normalized spacial score (nSPS) is 14.8. The van der Waals surface area contributed by atoms with Gasteiger partial charge in [-0.2, -0.15) is 0 Å². The van der Waals surface area contributed by atoms with Gasteiger partial charge in [0.1, 0.15) is 0 Å². The van der Waals surface area contributed by atoms with Crippen molar-refractivity contribution >= 4 is 29.8 Å². The van der Waals surface area contributed by atoms with Gasteiger partial charge in [-0.3, -0.25) is 29.2 Å². The lowest BCUT2D eigenvalue weighted by atomic mass is 9.75. The third-order valence-corrected chi connectivity index (χ3v) is 13.1. The van der Waals surface area contributed by atoms with Gasteiger partial charge in [0.2, 0.25) is 0 Å². The number of amides is 1. The highest BCUT2D eigenvalue weighted by molar-refractivity contribution is 5.88. The van der Waals surface area contributed by atoms with Crippen molar-refractivity contribution in [2.75, 3.05) is 21.3 Å². The van der Waals surface area contributed by atoms with E-state index in [1.54, 1.807) is 17.6 Å². The third kappa shape index (κ3) is 14.4. The molecule has 0 bridgehead atoms. The maximum Gasteiger partial charge on any atom is 0.316 e. The lowest BCUT2D eigenvalue weighted by Crippen LogP contribution is -2.41. The highest BCUT2D eigenvalue weighted by Gasteiger charge is 2.43. The average molecular weight is 974 g/mol. The molecule has 0 aromatic heterocycles. The Morgan fingerprint density at radius 3 is 1.25 bits per heavy atom. The lowest BCUT2D eigenvalue weighted by Gasteiger charge is -2.29. The summed E-state index contributed by atoms with van der Waals surface area (Å²) in [5, 5.41) is 18.1. The van der Waals surface area contributed by atoms with Crippen molar-refractivity contribution in [2.24, 2.45) is 0 Å². The number of rotatable bonds is 14. The fraction of sp³-hybridized carbons (Fsp3) is 0.262. The van der Waals surface area contributed by atoms with Crippen LogP contribution in [0.4, 0.5) is 0 Å². The summed E-state index contributed by atoms with van der Waals surface area (Å²) in [5.41, 5.74) is 4.09. The molecule has 0 aliphatic heterocycles. The van der Waals surface area contributed by atoms with E-state index in [4.69, 9.17) is 14.7 Å². The number of carboxylic acid groups (broad SMARTS) is 1. The van der Waals surface area contributed by atoms with Crippen LogP contribution in [-0.4, -0.2) is 61.4 Å². The largest absolute Gasteiger partial charge is 0.481 e. The number of hydroxylamine groups is 1. The standard InChI is InChI=1S/C15H18O2.C13H14O2.C12H13NO2.C12H12O2.C9H10O2/c1-4-11-15(12-5-2,14(16)17-3)13-9-7-6-8-10-13;1-15-12(14)13(9-5-6-10-13)11-7-3-2-4-8-11;14-11(13-15)12(8-4-5-9-12)10-6-2-1-3-7-10;13-11(14)12(8-4-5-9-12)10-6-2-1-3-7-10;1-11-9(10)7-8-5-3-2-4-6-8/h4-10H,1-2,11-12H2,3H3;2-8H,9-10H2,1H3;1-7,15H,8-9H2,(H,13,14);1-7H,8-9H2,(H,13,14);2-6H,7H2,1H3. The van der Waals surface area contributed by atoms with Crippen LogP contribution < -0.4 is 5.48 Å². The minimum Gasteiger partial charge on any atom is -0.481 e. The van der Waals surface area contributed by atoms with Crippen LogP contribution in [0.15, 0.2) is 213 Å². The molecule has 3 N–H and O–H groups in total. The summed E-state index contributed by atoms with van der Waals surface area (Å²) in [6, 6.07) is 48.0. The van der Waals surface area contributed by atoms with E-state index in [0.29, 0.717) is 44.9 Å². The van der Waals surface area contributed by atoms with E-state index in [9.17, 15) is 29.1 Å². The van der Waals surface area contributed by atoms with E-state index in [-0.39, 0.29) is 23.8 Å². The molecule has 0 saturated carbocycles. The molecule has 5 aromatic rings.